The van der Waals surface area contributed by atoms with Crippen molar-refractivity contribution in [3.63, 3.8) is 0 Å². The Bertz CT molecular complexity index is 656. The largest absolute Gasteiger partial charge is 0.481 e. The summed E-state index contributed by atoms with van der Waals surface area (Å²) in [5.74, 6) is -0.497. The number of aliphatic carboxylic acids is 1. The fourth-order valence-corrected chi connectivity index (χ4v) is 2.84. The smallest absolute Gasteiger partial charge is 0.303 e. The SMILES string of the molecule is O=C(O)CCC1=C[C@@H](c2ccccc2)c2ccccc21. The molecule has 0 saturated heterocycles. The van der Waals surface area contributed by atoms with Crippen molar-refractivity contribution >= 4 is 11.5 Å². The van der Waals surface area contributed by atoms with Crippen molar-refractivity contribution in [3.8, 4) is 0 Å². The number of carboxylic acids is 1. The van der Waals surface area contributed by atoms with Crippen LogP contribution < -0.4 is 0 Å². The standard InChI is InChI=1S/C18H16O2/c19-18(20)11-10-14-12-17(13-6-2-1-3-7-13)16-9-5-4-8-15(14)16/h1-9,12,17H,10-11H2,(H,19,20)/t17-/m0/s1. The minimum atomic E-state index is -0.744. The maximum Gasteiger partial charge on any atom is 0.303 e. The van der Waals surface area contributed by atoms with E-state index in [-0.39, 0.29) is 12.3 Å². The Morgan fingerprint density at radius 2 is 1.70 bits per heavy atom. The molecule has 1 aliphatic rings. The molecule has 0 fully saturated rings. The van der Waals surface area contributed by atoms with Crippen LogP contribution in [0.15, 0.2) is 60.7 Å². The Morgan fingerprint density at radius 3 is 2.45 bits per heavy atom. The fraction of sp³-hybridized carbons (Fsp3) is 0.167. The van der Waals surface area contributed by atoms with Crippen molar-refractivity contribution in [1.82, 2.24) is 0 Å². The van der Waals surface area contributed by atoms with Gasteiger partial charge in [-0.15, -0.1) is 0 Å². The molecule has 100 valence electrons. The average molecular weight is 264 g/mol. The van der Waals surface area contributed by atoms with E-state index in [1.54, 1.807) is 0 Å². The number of benzene rings is 2. The molecular weight excluding hydrogens is 248 g/mol. The summed E-state index contributed by atoms with van der Waals surface area (Å²) in [6.07, 6.45) is 2.99. The summed E-state index contributed by atoms with van der Waals surface area (Å²) in [4.78, 5) is 10.8. The van der Waals surface area contributed by atoms with Gasteiger partial charge < -0.3 is 5.11 Å². The molecule has 3 rings (SSSR count). The van der Waals surface area contributed by atoms with Crippen molar-refractivity contribution in [1.29, 1.82) is 0 Å². The van der Waals surface area contributed by atoms with Crippen LogP contribution in [-0.2, 0) is 4.79 Å². The summed E-state index contributed by atoms with van der Waals surface area (Å²) >= 11 is 0. The first kappa shape index (κ1) is 12.7. The van der Waals surface area contributed by atoms with Crippen molar-refractivity contribution in [3.05, 3.63) is 77.4 Å². The van der Waals surface area contributed by atoms with Gasteiger partial charge in [-0.3, -0.25) is 4.79 Å². The predicted octanol–water partition coefficient (Wildman–Crippen LogP) is 4.08. The van der Waals surface area contributed by atoms with Crippen LogP contribution in [0.2, 0.25) is 0 Å². The van der Waals surface area contributed by atoms with E-state index in [0.29, 0.717) is 6.42 Å². The molecule has 1 N–H and O–H groups in total. The van der Waals surface area contributed by atoms with Crippen LogP contribution in [0.25, 0.3) is 5.57 Å². The Labute approximate surface area is 118 Å². The molecule has 1 aliphatic carbocycles. The molecule has 0 aromatic heterocycles. The third kappa shape index (κ3) is 2.37. The highest BCUT2D eigenvalue weighted by molar-refractivity contribution is 5.79. The van der Waals surface area contributed by atoms with Crippen LogP contribution in [-0.4, -0.2) is 11.1 Å². The highest BCUT2D eigenvalue weighted by Crippen LogP contribution is 2.41. The second kappa shape index (κ2) is 5.33. The minimum Gasteiger partial charge on any atom is -0.481 e. The molecule has 0 heterocycles. The summed E-state index contributed by atoms with van der Waals surface area (Å²) < 4.78 is 0. The Morgan fingerprint density at radius 1 is 1.00 bits per heavy atom. The Hall–Kier alpha value is -2.35. The van der Waals surface area contributed by atoms with E-state index in [2.05, 4.69) is 30.3 Å². The van der Waals surface area contributed by atoms with Gasteiger partial charge in [0, 0.05) is 12.3 Å². The first-order valence-electron chi connectivity index (χ1n) is 6.82. The van der Waals surface area contributed by atoms with Crippen LogP contribution in [0.4, 0.5) is 0 Å². The van der Waals surface area contributed by atoms with Crippen molar-refractivity contribution in [2.45, 2.75) is 18.8 Å². The van der Waals surface area contributed by atoms with E-state index in [9.17, 15) is 4.79 Å². The Balaban J connectivity index is 1.98. The van der Waals surface area contributed by atoms with Crippen molar-refractivity contribution in [2.24, 2.45) is 0 Å². The fourth-order valence-electron chi connectivity index (χ4n) is 2.84. The lowest BCUT2D eigenvalue weighted by Crippen LogP contribution is -1.95. The number of rotatable bonds is 4. The Kier molecular flexibility index (Phi) is 3.38. The van der Waals surface area contributed by atoms with Gasteiger partial charge in [-0.25, -0.2) is 0 Å². The van der Waals surface area contributed by atoms with E-state index in [0.717, 1.165) is 5.57 Å². The van der Waals surface area contributed by atoms with Crippen LogP contribution in [0.3, 0.4) is 0 Å². The molecule has 2 aromatic carbocycles. The number of carboxylic acid groups (broad SMARTS) is 1. The zero-order valence-corrected chi connectivity index (χ0v) is 11.1. The number of allylic oxidation sites excluding steroid dienone is 2. The highest BCUT2D eigenvalue weighted by Gasteiger charge is 2.24. The first-order valence-corrected chi connectivity index (χ1v) is 6.82. The molecule has 0 radical (unpaired) electrons. The molecule has 0 unspecified atom stereocenters. The summed E-state index contributed by atoms with van der Waals surface area (Å²) in [5, 5.41) is 8.88. The molecule has 0 saturated carbocycles. The van der Waals surface area contributed by atoms with E-state index in [1.807, 2.05) is 30.3 Å². The molecule has 1 atom stereocenters. The van der Waals surface area contributed by atoms with Gasteiger partial charge in [-0.2, -0.15) is 0 Å². The lowest BCUT2D eigenvalue weighted by molar-refractivity contribution is -0.136. The number of hydrogen-bond acceptors (Lipinski definition) is 1. The molecule has 2 heteroatoms. The maximum absolute atomic E-state index is 10.8. The summed E-state index contributed by atoms with van der Waals surface area (Å²) in [7, 11) is 0. The monoisotopic (exact) mass is 264 g/mol. The van der Waals surface area contributed by atoms with Crippen LogP contribution >= 0.6 is 0 Å². The molecule has 2 nitrogen and oxygen atoms in total. The van der Waals surface area contributed by atoms with Gasteiger partial charge in [0.2, 0.25) is 0 Å². The van der Waals surface area contributed by atoms with Gasteiger partial charge in [0.1, 0.15) is 0 Å². The van der Waals surface area contributed by atoms with E-state index in [1.165, 1.54) is 16.7 Å². The summed E-state index contributed by atoms with van der Waals surface area (Å²) in [5.41, 5.74) is 4.88. The zero-order chi connectivity index (χ0) is 13.9. The summed E-state index contributed by atoms with van der Waals surface area (Å²) in [6.45, 7) is 0. The molecule has 20 heavy (non-hydrogen) atoms. The molecule has 0 amide bonds. The quantitative estimate of drug-likeness (QED) is 0.903. The third-order valence-electron chi connectivity index (χ3n) is 3.78. The van der Waals surface area contributed by atoms with Gasteiger partial charge in [-0.05, 0) is 28.7 Å². The number of carbonyl (C=O) groups is 1. The molecule has 2 aromatic rings. The third-order valence-corrected chi connectivity index (χ3v) is 3.78. The second-order valence-corrected chi connectivity index (χ2v) is 5.06. The number of hydrogen-bond donors (Lipinski definition) is 1. The summed E-state index contributed by atoms with van der Waals surface area (Å²) in [6, 6.07) is 18.6. The van der Waals surface area contributed by atoms with E-state index < -0.39 is 5.97 Å². The van der Waals surface area contributed by atoms with Crippen molar-refractivity contribution in [2.75, 3.05) is 0 Å². The predicted molar refractivity (Wildman–Crippen MR) is 79.6 cm³/mol. The van der Waals surface area contributed by atoms with Gasteiger partial charge in [-0.1, -0.05) is 60.7 Å². The molecule has 0 aliphatic heterocycles. The maximum atomic E-state index is 10.8. The van der Waals surface area contributed by atoms with Crippen LogP contribution in [0.5, 0.6) is 0 Å². The van der Waals surface area contributed by atoms with Gasteiger partial charge >= 0.3 is 5.97 Å². The average Bonchev–Trinajstić information content (AvgIpc) is 2.85. The van der Waals surface area contributed by atoms with Crippen molar-refractivity contribution < 1.29 is 9.90 Å². The van der Waals surface area contributed by atoms with E-state index in [4.69, 9.17) is 5.11 Å². The second-order valence-electron chi connectivity index (χ2n) is 5.06. The topological polar surface area (TPSA) is 37.3 Å². The zero-order valence-electron chi connectivity index (χ0n) is 11.1. The molecule has 0 spiro atoms. The van der Waals surface area contributed by atoms with Gasteiger partial charge in [0.05, 0.1) is 0 Å². The van der Waals surface area contributed by atoms with Gasteiger partial charge in [0.25, 0.3) is 0 Å². The van der Waals surface area contributed by atoms with E-state index >= 15 is 0 Å². The van der Waals surface area contributed by atoms with Crippen LogP contribution in [0, 0.1) is 0 Å². The van der Waals surface area contributed by atoms with Gasteiger partial charge in [0.15, 0.2) is 0 Å². The lowest BCUT2D eigenvalue weighted by Gasteiger charge is -2.10. The number of fused-ring (bicyclic) bond motifs is 1. The first-order chi connectivity index (χ1) is 9.75. The molecule has 0 bridgehead atoms. The normalized spacial score (nSPS) is 16.6. The lowest BCUT2D eigenvalue weighted by atomic mass is 9.93. The highest BCUT2D eigenvalue weighted by atomic mass is 16.4. The molecular formula is C18H16O2. The minimum absolute atomic E-state index is 0.182. The van der Waals surface area contributed by atoms with Crippen LogP contribution in [0.1, 0.15) is 35.4 Å².